The topological polar surface area (TPSA) is 38.7 Å². The highest BCUT2D eigenvalue weighted by molar-refractivity contribution is 7.99. The largest absolute Gasteiger partial charge is 0.454 e. The van der Waals surface area contributed by atoms with Gasteiger partial charge in [-0.2, -0.15) is 0 Å². The molecule has 0 radical (unpaired) electrons. The van der Waals surface area contributed by atoms with Crippen molar-refractivity contribution in [2.75, 3.05) is 12.5 Å². The van der Waals surface area contributed by atoms with Crippen LogP contribution < -0.4 is 9.47 Å². The predicted octanol–water partition coefficient (Wildman–Crippen LogP) is 3.24. The van der Waals surface area contributed by atoms with E-state index in [4.69, 9.17) is 9.47 Å². The molecule has 0 aliphatic carbocycles. The van der Waals surface area contributed by atoms with Crippen molar-refractivity contribution in [3.05, 3.63) is 54.1 Å². The van der Waals surface area contributed by atoms with Gasteiger partial charge in [-0.15, -0.1) is 11.8 Å². The molecule has 0 fully saturated rings. The Labute approximate surface area is 116 Å². The summed E-state index contributed by atoms with van der Waals surface area (Å²) >= 11 is 1.63. The molecule has 19 heavy (non-hydrogen) atoms. The van der Waals surface area contributed by atoms with Crippen molar-refractivity contribution in [3.63, 3.8) is 0 Å². The summed E-state index contributed by atoms with van der Waals surface area (Å²) in [5.41, 5.74) is 0.854. The van der Waals surface area contributed by atoms with E-state index in [0.29, 0.717) is 11.5 Å². The van der Waals surface area contributed by atoms with Gasteiger partial charge in [-0.25, -0.2) is 0 Å². The van der Waals surface area contributed by atoms with Gasteiger partial charge in [0.1, 0.15) is 0 Å². The Morgan fingerprint density at radius 2 is 1.84 bits per heavy atom. The molecular formula is C15H14O3S. The van der Waals surface area contributed by atoms with Gasteiger partial charge >= 0.3 is 0 Å². The van der Waals surface area contributed by atoms with Crippen molar-refractivity contribution in [2.24, 2.45) is 0 Å². The molecule has 2 aromatic carbocycles. The van der Waals surface area contributed by atoms with E-state index in [2.05, 4.69) is 0 Å². The lowest BCUT2D eigenvalue weighted by Crippen LogP contribution is -2.00. The third-order valence-electron chi connectivity index (χ3n) is 2.93. The van der Waals surface area contributed by atoms with E-state index in [1.54, 1.807) is 11.8 Å². The fourth-order valence-corrected chi connectivity index (χ4v) is 2.80. The maximum Gasteiger partial charge on any atom is 0.231 e. The quantitative estimate of drug-likeness (QED) is 0.869. The molecule has 0 aromatic heterocycles. The SMILES string of the molecule is OC(CSc1ccccc1)c1ccc2c(c1)OCO2. The maximum absolute atomic E-state index is 10.2. The van der Waals surface area contributed by atoms with E-state index in [1.807, 2.05) is 48.5 Å². The third-order valence-corrected chi connectivity index (χ3v) is 4.02. The Bertz CT molecular complexity index is 557. The van der Waals surface area contributed by atoms with Crippen molar-refractivity contribution in [2.45, 2.75) is 11.0 Å². The molecule has 1 atom stereocenters. The minimum absolute atomic E-state index is 0.258. The van der Waals surface area contributed by atoms with Crippen LogP contribution in [-0.4, -0.2) is 17.7 Å². The highest BCUT2D eigenvalue weighted by atomic mass is 32.2. The average Bonchev–Trinajstić information content (AvgIpc) is 2.93. The first-order valence-electron chi connectivity index (χ1n) is 6.08. The van der Waals surface area contributed by atoms with Crippen LogP contribution in [0, 0.1) is 0 Å². The van der Waals surface area contributed by atoms with Crippen molar-refractivity contribution in [1.29, 1.82) is 0 Å². The van der Waals surface area contributed by atoms with Crippen LogP contribution >= 0.6 is 11.8 Å². The molecule has 4 heteroatoms. The molecular weight excluding hydrogens is 260 g/mol. The summed E-state index contributed by atoms with van der Waals surface area (Å²) in [5.74, 6) is 2.07. The van der Waals surface area contributed by atoms with Gasteiger partial charge in [0.05, 0.1) is 6.10 Å². The fraction of sp³-hybridized carbons (Fsp3) is 0.200. The van der Waals surface area contributed by atoms with Crippen LogP contribution in [0.2, 0.25) is 0 Å². The van der Waals surface area contributed by atoms with Crippen molar-refractivity contribution < 1.29 is 14.6 Å². The molecule has 1 N–H and O–H groups in total. The second-order valence-corrected chi connectivity index (χ2v) is 5.35. The number of benzene rings is 2. The molecule has 3 rings (SSSR count). The highest BCUT2D eigenvalue weighted by Gasteiger charge is 2.16. The predicted molar refractivity (Wildman–Crippen MR) is 74.7 cm³/mol. The minimum atomic E-state index is -0.514. The molecule has 1 unspecified atom stereocenters. The Morgan fingerprint density at radius 3 is 2.68 bits per heavy atom. The van der Waals surface area contributed by atoms with Crippen molar-refractivity contribution >= 4 is 11.8 Å². The van der Waals surface area contributed by atoms with E-state index in [-0.39, 0.29) is 6.79 Å². The zero-order chi connectivity index (χ0) is 13.1. The summed E-state index contributed by atoms with van der Waals surface area (Å²) in [5, 5.41) is 10.2. The summed E-state index contributed by atoms with van der Waals surface area (Å²) in [6, 6.07) is 15.6. The van der Waals surface area contributed by atoms with Gasteiger partial charge in [0.25, 0.3) is 0 Å². The number of rotatable bonds is 4. The van der Waals surface area contributed by atoms with Gasteiger partial charge in [0, 0.05) is 10.6 Å². The van der Waals surface area contributed by atoms with E-state index < -0.39 is 6.10 Å². The zero-order valence-corrected chi connectivity index (χ0v) is 11.1. The lowest BCUT2D eigenvalue weighted by atomic mass is 10.1. The van der Waals surface area contributed by atoms with Crippen LogP contribution in [0.3, 0.4) is 0 Å². The molecule has 0 amide bonds. The number of hydrogen-bond acceptors (Lipinski definition) is 4. The number of ether oxygens (including phenoxy) is 2. The van der Waals surface area contributed by atoms with Crippen LogP contribution in [0.1, 0.15) is 11.7 Å². The van der Waals surface area contributed by atoms with Gasteiger partial charge < -0.3 is 14.6 Å². The Hall–Kier alpha value is -1.65. The fourth-order valence-electron chi connectivity index (χ4n) is 1.91. The van der Waals surface area contributed by atoms with E-state index in [9.17, 15) is 5.11 Å². The van der Waals surface area contributed by atoms with Crippen LogP contribution in [0.25, 0.3) is 0 Å². The normalized spacial score (nSPS) is 14.4. The zero-order valence-electron chi connectivity index (χ0n) is 10.3. The molecule has 3 nitrogen and oxygen atoms in total. The summed E-state index contributed by atoms with van der Waals surface area (Å²) in [4.78, 5) is 1.15. The number of fused-ring (bicyclic) bond motifs is 1. The van der Waals surface area contributed by atoms with Crippen LogP contribution in [0.4, 0.5) is 0 Å². The molecule has 1 heterocycles. The summed E-state index contributed by atoms with van der Waals surface area (Å²) in [7, 11) is 0. The molecule has 98 valence electrons. The minimum Gasteiger partial charge on any atom is -0.454 e. The Balaban J connectivity index is 1.65. The van der Waals surface area contributed by atoms with Crippen LogP contribution in [0.5, 0.6) is 11.5 Å². The van der Waals surface area contributed by atoms with Gasteiger partial charge in [-0.05, 0) is 29.8 Å². The smallest absolute Gasteiger partial charge is 0.231 e. The number of hydrogen-bond donors (Lipinski definition) is 1. The first kappa shape index (κ1) is 12.4. The van der Waals surface area contributed by atoms with Gasteiger partial charge in [-0.3, -0.25) is 0 Å². The average molecular weight is 274 g/mol. The van der Waals surface area contributed by atoms with E-state index in [1.165, 1.54) is 0 Å². The molecule has 0 saturated heterocycles. The number of aliphatic hydroxyl groups excluding tert-OH is 1. The second kappa shape index (κ2) is 5.55. The van der Waals surface area contributed by atoms with E-state index in [0.717, 1.165) is 16.2 Å². The number of aliphatic hydroxyl groups is 1. The van der Waals surface area contributed by atoms with E-state index >= 15 is 0 Å². The van der Waals surface area contributed by atoms with Crippen molar-refractivity contribution in [3.8, 4) is 11.5 Å². The first-order chi connectivity index (χ1) is 9.33. The lowest BCUT2D eigenvalue weighted by molar-refractivity contribution is 0.173. The Kier molecular flexibility index (Phi) is 3.62. The highest BCUT2D eigenvalue weighted by Crippen LogP contribution is 2.35. The summed E-state index contributed by atoms with van der Waals surface area (Å²) in [6.07, 6.45) is -0.514. The molecule has 0 saturated carbocycles. The molecule has 0 spiro atoms. The van der Waals surface area contributed by atoms with Gasteiger partial charge in [-0.1, -0.05) is 24.3 Å². The molecule has 0 bridgehead atoms. The standard InChI is InChI=1S/C15H14O3S/c16-13(9-19-12-4-2-1-3-5-12)11-6-7-14-15(8-11)18-10-17-14/h1-8,13,16H,9-10H2. The van der Waals surface area contributed by atoms with Gasteiger partial charge in [0.15, 0.2) is 11.5 Å². The maximum atomic E-state index is 10.2. The van der Waals surface area contributed by atoms with Crippen LogP contribution in [0.15, 0.2) is 53.4 Å². The van der Waals surface area contributed by atoms with Gasteiger partial charge in [0.2, 0.25) is 6.79 Å². The van der Waals surface area contributed by atoms with Crippen LogP contribution in [-0.2, 0) is 0 Å². The molecule has 1 aliphatic heterocycles. The lowest BCUT2D eigenvalue weighted by Gasteiger charge is -2.11. The molecule has 2 aromatic rings. The third kappa shape index (κ3) is 2.85. The summed E-state index contributed by atoms with van der Waals surface area (Å²) < 4.78 is 10.6. The summed E-state index contributed by atoms with van der Waals surface area (Å²) in [6.45, 7) is 0.258. The second-order valence-electron chi connectivity index (χ2n) is 4.25. The monoisotopic (exact) mass is 274 g/mol. The number of thioether (sulfide) groups is 1. The van der Waals surface area contributed by atoms with Crippen molar-refractivity contribution in [1.82, 2.24) is 0 Å². The Morgan fingerprint density at radius 1 is 1.05 bits per heavy atom. The molecule has 1 aliphatic rings. The first-order valence-corrected chi connectivity index (χ1v) is 7.07.